The van der Waals surface area contributed by atoms with E-state index in [-0.39, 0.29) is 12.3 Å². The number of carbonyl (C=O) groups is 1. The second-order valence-corrected chi connectivity index (χ2v) is 6.38. The summed E-state index contributed by atoms with van der Waals surface area (Å²) >= 11 is 0. The van der Waals surface area contributed by atoms with Crippen molar-refractivity contribution >= 4 is 22.6 Å². The Morgan fingerprint density at radius 3 is 2.77 bits per heavy atom. The number of amides is 1. The van der Waals surface area contributed by atoms with Crippen molar-refractivity contribution < 1.29 is 18.7 Å². The van der Waals surface area contributed by atoms with Crippen molar-refractivity contribution in [3.05, 3.63) is 53.8 Å². The summed E-state index contributed by atoms with van der Waals surface area (Å²) in [7, 11) is 0. The summed E-state index contributed by atoms with van der Waals surface area (Å²) in [6.45, 7) is 3.37. The molecule has 26 heavy (non-hydrogen) atoms. The molecule has 1 N–H and O–H groups in total. The van der Waals surface area contributed by atoms with Crippen molar-refractivity contribution in [3.8, 4) is 11.5 Å². The fourth-order valence-corrected chi connectivity index (χ4v) is 3.10. The van der Waals surface area contributed by atoms with E-state index in [1.54, 1.807) is 12.3 Å². The molecule has 0 bridgehead atoms. The van der Waals surface area contributed by atoms with Crippen molar-refractivity contribution in [3.63, 3.8) is 0 Å². The van der Waals surface area contributed by atoms with E-state index >= 15 is 0 Å². The van der Waals surface area contributed by atoms with Gasteiger partial charge >= 0.3 is 0 Å². The van der Waals surface area contributed by atoms with Gasteiger partial charge in [0.25, 0.3) is 0 Å². The molecule has 2 aromatic carbocycles. The van der Waals surface area contributed by atoms with Crippen LogP contribution in [0.5, 0.6) is 11.5 Å². The number of hydrogen-bond acceptors (Lipinski definition) is 4. The zero-order valence-electron chi connectivity index (χ0n) is 14.7. The van der Waals surface area contributed by atoms with Crippen molar-refractivity contribution in [2.45, 2.75) is 26.2 Å². The van der Waals surface area contributed by atoms with Crippen LogP contribution in [0.15, 0.2) is 47.1 Å². The van der Waals surface area contributed by atoms with Crippen molar-refractivity contribution in [1.82, 2.24) is 0 Å². The first-order chi connectivity index (χ1) is 12.7. The molecule has 0 aliphatic carbocycles. The van der Waals surface area contributed by atoms with Gasteiger partial charge in [-0.15, -0.1) is 0 Å². The van der Waals surface area contributed by atoms with Crippen molar-refractivity contribution in [1.29, 1.82) is 0 Å². The van der Waals surface area contributed by atoms with Gasteiger partial charge in [-0.1, -0.05) is 19.1 Å². The van der Waals surface area contributed by atoms with Gasteiger partial charge in [0.15, 0.2) is 11.5 Å². The number of nitrogens with one attached hydrogen (secondary N) is 1. The quantitative estimate of drug-likeness (QED) is 0.760. The number of aryl methyl sites for hydroxylation is 1. The number of hydrogen-bond donors (Lipinski definition) is 1. The van der Waals surface area contributed by atoms with Crippen LogP contribution in [0.4, 0.5) is 5.69 Å². The summed E-state index contributed by atoms with van der Waals surface area (Å²) in [4.78, 5) is 12.5. The van der Waals surface area contributed by atoms with Gasteiger partial charge in [-0.25, -0.2) is 0 Å². The van der Waals surface area contributed by atoms with Gasteiger partial charge < -0.3 is 19.2 Å². The van der Waals surface area contributed by atoms with Gasteiger partial charge in [0.1, 0.15) is 5.58 Å². The van der Waals surface area contributed by atoms with Crippen LogP contribution >= 0.6 is 0 Å². The maximum atomic E-state index is 12.5. The first-order valence-electron chi connectivity index (χ1n) is 8.91. The molecule has 0 fully saturated rings. The van der Waals surface area contributed by atoms with Crippen molar-refractivity contribution in [2.24, 2.45) is 0 Å². The van der Waals surface area contributed by atoms with Crippen LogP contribution < -0.4 is 14.8 Å². The summed E-state index contributed by atoms with van der Waals surface area (Å²) < 4.78 is 16.9. The lowest BCUT2D eigenvalue weighted by molar-refractivity contribution is -0.115. The molecule has 0 saturated carbocycles. The Hall–Kier alpha value is -2.95. The van der Waals surface area contributed by atoms with E-state index < -0.39 is 0 Å². The van der Waals surface area contributed by atoms with Gasteiger partial charge in [0.05, 0.1) is 25.9 Å². The summed E-state index contributed by atoms with van der Waals surface area (Å²) in [5.41, 5.74) is 3.62. The van der Waals surface area contributed by atoms with Crippen LogP contribution in [0.25, 0.3) is 11.0 Å². The lowest BCUT2D eigenvalue weighted by atomic mass is 10.1. The van der Waals surface area contributed by atoms with E-state index in [9.17, 15) is 4.79 Å². The minimum absolute atomic E-state index is 0.0956. The fraction of sp³-hybridized carbons (Fsp3) is 0.286. The Labute approximate surface area is 151 Å². The third kappa shape index (κ3) is 3.38. The SMILES string of the molecule is CCc1ccc2c(CC(=O)Nc3ccc4c(c3)OCCCO4)coc2c1. The monoisotopic (exact) mass is 351 g/mol. The van der Waals surface area contributed by atoms with E-state index in [0.717, 1.165) is 29.4 Å². The second-order valence-electron chi connectivity index (χ2n) is 6.38. The topological polar surface area (TPSA) is 60.7 Å². The average Bonchev–Trinajstić information content (AvgIpc) is 2.89. The molecule has 0 radical (unpaired) electrons. The van der Waals surface area contributed by atoms with Crippen LogP contribution in [0, 0.1) is 0 Å². The van der Waals surface area contributed by atoms with E-state index in [1.165, 1.54) is 5.56 Å². The van der Waals surface area contributed by atoms with Crippen LogP contribution in [-0.4, -0.2) is 19.1 Å². The van der Waals surface area contributed by atoms with Gasteiger partial charge in [-0.2, -0.15) is 0 Å². The highest BCUT2D eigenvalue weighted by atomic mass is 16.5. The molecule has 0 spiro atoms. The molecule has 5 nitrogen and oxygen atoms in total. The fourth-order valence-electron chi connectivity index (χ4n) is 3.10. The molecular weight excluding hydrogens is 330 g/mol. The Balaban J connectivity index is 1.48. The number of fused-ring (bicyclic) bond motifs is 2. The predicted octanol–water partition coefficient (Wildman–Crippen LogP) is 4.34. The third-order valence-electron chi connectivity index (χ3n) is 4.51. The maximum absolute atomic E-state index is 12.5. The van der Waals surface area contributed by atoms with E-state index in [1.807, 2.05) is 24.3 Å². The first-order valence-corrected chi connectivity index (χ1v) is 8.91. The minimum atomic E-state index is -0.0956. The minimum Gasteiger partial charge on any atom is -0.490 e. The van der Waals surface area contributed by atoms with Crippen molar-refractivity contribution in [2.75, 3.05) is 18.5 Å². The normalized spacial score (nSPS) is 13.4. The van der Waals surface area contributed by atoms with Crippen LogP contribution in [-0.2, 0) is 17.6 Å². The Morgan fingerprint density at radius 1 is 1.08 bits per heavy atom. The summed E-state index contributed by atoms with van der Waals surface area (Å²) in [6.07, 6.45) is 3.73. The number of carbonyl (C=O) groups excluding carboxylic acids is 1. The zero-order valence-corrected chi connectivity index (χ0v) is 14.7. The molecule has 4 rings (SSSR count). The number of anilines is 1. The molecule has 0 unspecified atom stereocenters. The molecule has 134 valence electrons. The lowest BCUT2D eigenvalue weighted by Crippen LogP contribution is -2.14. The number of ether oxygens (including phenoxy) is 2. The first kappa shape index (κ1) is 16.5. The molecule has 2 heterocycles. The standard InChI is InChI=1S/C21H21NO4/c1-2-14-4-6-17-15(13-26-19(17)10-14)11-21(23)22-16-5-7-18-20(12-16)25-9-3-8-24-18/h4-7,10,12-13H,2-3,8-9,11H2,1H3,(H,22,23). The second kappa shape index (κ2) is 7.12. The number of rotatable bonds is 4. The molecular formula is C21H21NO4. The van der Waals surface area contributed by atoms with Gasteiger partial charge in [-0.05, 0) is 30.2 Å². The van der Waals surface area contributed by atoms with E-state index in [2.05, 4.69) is 18.3 Å². The summed E-state index contributed by atoms with van der Waals surface area (Å²) in [5.74, 6) is 1.29. The Bertz CT molecular complexity index is 944. The zero-order chi connectivity index (χ0) is 17.9. The Kier molecular flexibility index (Phi) is 4.52. The summed E-state index contributed by atoms with van der Waals surface area (Å²) in [5, 5.41) is 3.90. The Morgan fingerprint density at radius 2 is 1.92 bits per heavy atom. The van der Waals surface area contributed by atoms with E-state index in [0.29, 0.717) is 30.4 Å². The van der Waals surface area contributed by atoms with Gasteiger partial charge in [0.2, 0.25) is 5.91 Å². The van der Waals surface area contributed by atoms with Crippen LogP contribution in [0.2, 0.25) is 0 Å². The van der Waals surface area contributed by atoms with Gasteiger partial charge in [-0.3, -0.25) is 4.79 Å². The molecule has 1 amide bonds. The summed E-state index contributed by atoms with van der Waals surface area (Å²) in [6, 6.07) is 11.6. The largest absolute Gasteiger partial charge is 0.490 e. The predicted molar refractivity (Wildman–Crippen MR) is 100.0 cm³/mol. The molecule has 0 atom stereocenters. The maximum Gasteiger partial charge on any atom is 0.228 e. The molecule has 1 aromatic heterocycles. The molecule has 1 aliphatic heterocycles. The average molecular weight is 351 g/mol. The highest BCUT2D eigenvalue weighted by molar-refractivity contribution is 5.95. The smallest absolute Gasteiger partial charge is 0.228 e. The highest BCUT2D eigenvalue weighted by Crippen LogP contribution is 2.32. The lowest BCUT2D eigenvalue weighted by Gasteiger charge is -2.10. The van der Waals surface area contributed by atoms with Crippen LogP contribution in [0.1, 0.15) is 24.5 Å². The van der Waals surface area contributed by atoms with Crippen LogP contribution in [0.3, 0.4) is 0 Å². The molecule has 5 heteroatoms. The molecule has 3 aromatic rings. The molecule has 1 aliphatic rings. The highest BCUT2D eigenvalue weighted by Gasteiger charge is 2.14. The van der Waals surface area contributed by atoms with Gasteiger partial charge in [0, 0.05) is 29.1 Å². The number of benzene rings is 2. The molecule has 0 saturated heterocycles. The third-order valence-corrected chi connectivity index (χ3v) is 4.51. The number of furan rings is 1. The van der Waals surface area contributed by atoms with E-state index in [4.69, 9.17) is 13.9 Å².